The van der Waals surface area contributed by atoms with E-state index in [0.717, 1.165) is 18.4 Å². The van der Waals surface area contributed by atoms with Gasteiger partial charge in [0.25, 0.3) is 0 Å². The van der Waals surface area contributed by atoms with Gasteiger partial charge in [-0.05, 0) is 80.5 Å². The largest absolute Gasteiger partial charge is 0.494 e. The summed E-state index contributed by atoms with van der Waals surface area (Å²) in [5, 5.41) is 3.04. The SMILES string of the molecule is CCOc1ccc(N(CCCC(=O)N[C@H](C)c2ccc3c(c2)CCC3)S(C)(=O)=O)cc1. The number of sulfonamides is 1. The molecule has 168 valence electrons. The summed E-state index contributed by atoms with van der Waals surface area (Å²) in [5.74, 6) is 0.618. The fourth-order valence-electron chi connectivity index (χ4n) is 4.00. The molecule has 6 nitrogen and oxygen atoms in total. The lowest BCUT2D eigenvalue weighted by Gasteiger charge is -2.23. The van der Waals surface area contributed by atoms with Crippen LogP contribution in [0, 0.1) is 0 Å². The Balaban J connectivity index is 1.54. The van der Waals surface area contributed by atoms with Crippen LogP contribution in [0.2, 0.25) is 0 Å². The van der Waals surface area contributed by atoms with Crippen LogP contribution >= 0.6 is 0 Å². The van der Waals surface area contributed by atoms with Crippen LogP contribution in [-0.4, -0.2) is 33.7 Å². The van der Waals surface area contributed by atoms with E-state index >= 15 is 0 Å². The summed E-state index contributed by atoms with van der Waals surface area (Å²) in [6.45, 7) is 4.67. The van der Waals surface area contributed by atoms with Gasteiger partial charge in [-0.3, -0.25) is 9.10 Å². The summed E-state index contributed by atoms with van der Waals surface area (Å²) in [5.41, 5.74) is 4.48. The summed E-state index contributed by atoms with van der Waals surface area (Å²) >= 11 is 0. The van der Waals surface area contributed by atoms with Crippen molar-refractivity contribution in [3.05, 3.63) is 59.2 Å². The lowest BCUT2D eigenvalue weighted by molar-refractivity contribution is -0.121. The van der Waals surface area contributed by atoms with Crippen LogP contribution in [0.4, 0.5) is 5.69 Å². The number of benzene rings is 2. The molecule has 0 aliphatic heterocycles. The zero-order valence-corrected chi connectivity index (χ0v) is 19.4. The van der Waals surface area contributed by atoms with Crippen LogP contribution < -0.4 is 14.4 Å². The maximum atomic E-state index is 12.4. The second-order valence-electron chi connectivity index (χ2n) is 8.04. The molecule has 7 heteroatoms. The first-order valence-electron chi connectivity index (χ1n) is 10.9. The van der Waals surface area contributed by atoms with Gasteiger partial charge in [-0.25, -0.2) is 8.42 Å². The number of ether oxygens (including phenoxy) is 1. The third-order valence-electron chi connectivity index (χ3n) is 5.60. The number of rotatable bonds is 10. The molecule has 0 fully saturated rings. The highest BCUT2D eigenvalue weighted by molar-refractivity contribution is 7.92. The van der Waals surface area contributed by atoms with Gasteiger partial charge in [-0.15, -0.1) is 0 Å². The van der Waals surface area contributed by atoms with Gasteiger partial charge in [0.05, 0.1) is 24.6 Å². The zero-order valence-electron chi connectivity index (χ0n) is 18.6. The van der Waals surface area contributed by atoms with Crippen molar-refractivity contribution in [2.75, 3.05) is 23.7 Å². The van der Waals surface area contributed by atoms with Crippen LogP contribution in [0.1, 0.15) is 55.8 Å². The molecule has 1 N–H and O–H groups in total. The van der Waals surface area contributed by atoms with Gasteiger partial charge < -0.3 is 10.1 Å². The second kappa shape index (κ2) is 10.2. The molecule has 31 heavy (non-hydrogen) atoms. The fourth-order valence-corrected chi connectivity index (χ4v) is 4.97. The minimum atomic E-state index is -3.45. The zero-order chi connectivity index (χ0) is 22.4. The minimum absolute atomic E-state index is 0.0736. The molecule has 0 saturated heterocycles. The molecule has 1 amide bonds. The molecular formula is C24H32N2O4S. The molecule has 0 saturated carbocycles. The van der Waals surface area contributed by atoms with E-state index < -0.39 is 10.0 Å². The summed E-state index contributed by atoms with van der Waals surface area (Å²) in [7, 11) is -3.45. The Kier molecular flexibility index (Phi) is 7.59. The first-order chi connectivity index (χ1) is 14.8. The van der Waals surface area contributed by atoms with E-state index in [-0.39, 0.29) is 24.9 Å². The molecule has 1 aliphatic rings. The monoisotopic (exact) mass is 444 g/mol. The number of carbonyl (C=O) groups is 1. The van der Waals surface area contributed by atoms with Gasteiger partial charge in [-0.1, -0.05) is 18.2 Å². The van der Waals surface area contributed by atoms with Crippen LogP contribution in [0.25, 0.3) is 0 Å². The molecule has 3 rings (SSSR count). The molecule has 1 aliphatic carbocycles. The molecule has 2 aromatic rings. The molecular weight excluding hydrogens is 412 g/mol. The first kappa shape index (κ1) is 23.1. The number of fused-ring (bicyclic) bond motifs is 1. The average molecular weight is 445 g/mol. The van der Waals surface area contributed by atoms with Crippen molar-refractivity contribution in [2.45, 2.75) is 52.0 Å². The van der Waals surface area contributed by atoms with Crippen LogP contribution in [0.5, 0.6) is 5.75 Å². The Morgan fingerprint density at radius 3 is 2.52 bits per heavy atom. The Morgan fingerprint density at radius 2 is 1.84 bits per heavy atom. The number of nitrogens with one attached hydrogen (secondary N) is 1. The molecule has 2 aromatic carbocycles. The Bertz CT molecular complexity index is 1000. The Labute approximate surface area is 185 Å². The molecule has 0 spiro atoms. The van der Waals surface area contributed by atoms with Gasteiger partial charge in [-0.2, -0.15) is 0 Å². The maximum absolute atomic E-state index is 12.4. The first-order valence-corrected chi connectivity index (χ1v) is 12.7. The van der Waals surface area contributed by atoms with Crippen LogP contribution in [0.15, 0.2) is 42.5 Å². The summed E-state index contributed by atoms with van der Waals surface area (Å²) < 4.78 is 31.3. The van der Waals surface area contributed by atoms with Crippen molar-refractivity contribution in [3.63, 3.8) is 0 Å². The van der Waals surface area contributed by atoms with Crippen molar-refractivity contribution in [3.8, 4) is 5.75 Å². The maximum Gasteiger partial charge on any atom is 0.232 e. The lowest BCUT2D eigenvalue weighted by atomic mass is 10.0. The van der Waals surface area contributed by atoms with Crippen molar-refractivity contribution in [2.24, 2.45) is 0 Å². The number of carbonyl (C=O) groups excluding carboxylic acids is 1. The van der Waals surface area contributed by atoms with Gasteiger partial charge >= 0.3 is 0 Å². The van der Waals surface area contributed by atoms with Gasteiger partial charge in [0, 0.05) is 13.0 Å². The molecule has 0 radical (unpaired) electrons. The number of hydrogen-bond acceptors (Lipinski definition) is 4. The molecule has 0 unspecified atom stereocenters. The van der Waals surface area contributed by atoms with E-state index in [0.29, 0.717) is 24.5 Å². The topological polar surface area (TPSA) is 75.7 Å². The fraction of sp³-hybridized carbons (Fsp3) is 0.458. The molecule has 0 aromatic heterocycles. The van der Waals surface area contributed by atoms with Gasteiger partial charge in [0.1, 0.15) is 5.75 Å². The van der Waals surface area contributed by atoms with E-state index in [1.165, 1.54) is 28.1 Å². The normalized spacial score (nSPS) is 14.0. The van der Waals surface area contributed by atoms with Crippen molar-refractivity contribution in [1.82, 2.24) is 5.32 Å². The standard InChI is InChI=1S/C24H32N2O4S/c1-4-30-23-14-12-22(13-15-23)26(31(3,28)29)16-6-9-24(27)25-18(2)20-11-10-19-7-5-8-21(19)17-20/h10-15,17-18H,4-9,16H2,1-3H3,(H,25,27)/t18-/m1/s1. The highest BCUT2D eigenvalue weighted by atomic mass is 32.2. The molecule has 0 heterocycles. The van der Waals surface area contributed by atoms with E-state index in [2.05, 4.69) is 23.5 Å². The van der Waals surface area contributed by atoms with Crippen molar-refractivity contribution < 1.29 is 17.9 Å². The highest BCUT2D eigenvalue weighted by Gasteiger charge is 2.19. The van der Waals surface area contributed by atoms with Crippen LogP contribution in [0.3, 0.4) is 0 Å². The number of aryl methyl sites for hydroxylation is 2. The van der Waals surface area contributed by atoms with Crippen molar-refractivity contribution >= 4 is 21.6 Å². The van der Waals surface area contributed by atoms with E-state index in [1.54, 1.807) is 24.3 Å². The van der Waals surface area contributed by atoms with E-state index in [4.69, 9.17) is 4.74 Å². The smallest absolute Gasteiger partial charge is 0.232 e. The summed E-state index contributed by atoms with van der Waals surface area (Å²) in [6.07, 6.45) is 5.32. The van der Waals surface area contributed by atoms with E-state index in [9.17, 15) is 13.2 Å². The molecule has 1 atom stereocenters. The highest BCUT2D eigenvalue weighted by Crippen LogP contribution is 2.26. The lowest BCUT2D eigenvalue weighted by Crippen LogP contribution is -2.32. The number of amides is 1. The Hall–Kier alpha value is -2.54. The number of nitrogens with zero attached hydrogens (tertiary/aromatic N) is 1. The summed E-state index contributed by atoms with van der Waals surface area (Å²) in [4.78, 5) is 12.4. The number of anilines is 1. The predicted octanol–water partition coefficient (Wildman–Crippen LogP) is 4.00. The second-order valence-corrected chi connectivity index (χ2v) is 9.94. The third kappa shape index (κ3) is 6.23. The quantitative estimate of drug-likeness (QED) is 0.601. The van der Waals surface area contributed by atoms with Crippen LogP contribution in [-0.2, 0) is 27.7 Å². The van der Waals surface area contributed by atoms with Gasteiger partial charge in [0.15, 0.2) is 0 Å². The summed E-state index contributed by atoms with van der Waals surface area (Å²) in [6, 6.07) is 13.3. The van der Waals surface area contributed by atoms with Gasteiger partial charge in [0.2, 0.25) is 15.9 Å². The predicted molar refractivity (Wildman–Crippen MR) is 124 cm³/mol. The molecule has 0 bridgehead atoms. The van der Waals surface area contributed by atoms with E-state index in [1.807, 2.05) is 13.8 Å². The third-order valence-corrected chi connectivity index (χ3v) is 6.80. The Morgan fingerprint density at radius 1 is 1.13 bits per heavy atom. The number of hydrogen-bond donors (Lipinski definition) is 1. The van der Waals surface area contributed by atoms with Crippen molar-refractivity contribution in [1.29, 1.82) is 0 Å². The average Bonchev–Trinajstić information content (AvgIpc) is 3.19. The minimum Gasteiger partial charge on any atom is -0.494 e.